The molecule has 0 atom stereocenters. The molecular weight excluding hydrogens is 617 g/mol. The van der Waals surface area contributed by atoms with Crippen molar-refractivity contribution in [2.24, 2.45) is 0 Å². The van der Waals surface area contributed by atoms with Gasteiger partial charge in [0.2, 0.25) is 0 Å². The SMILES string of the molecule is c1ccc(-c2c3ccccc3c(-c3ccccc3)c3cc(-c4ccc(-n5c(-c6ccc7ccccc7c6)nc6ccccc65)cc4)ccc23)cc1. The standard InChI is InChI=1S/C49H32N2/c1-3-14-35(15-4-1)47-41-19-9-10-20-42(41)48(36-16-5-2-6-17-36)44-32-38(27-30-43(44)47)34-25-28-40(29-26-34)51-46-22-12-11-21-45(46)50-49(51)39-24-23-33-13-7-8-18-37(33)31-39/h1-32H. The lowest BCUT2D eigenvalue weighted by molar-refractivity contribution is 1.10. The summed E-state index contributed by atoms with van der Waals surface area (Å²) in [6.07, 6.45) is 0. The molecule has 0 unspecified atom stereocenters. The van der Waals surface area contributed by atoms with Gasteiger partial charge < -0.3 is 0 Å². The second-order valence-electron chi connectivity index (χ2n) is 13.2. The first-order valence-corrected chi connectivity index (χ1v) is 17.5. The van der Waals surface area contributed by atoms with E-state index in [9.17, 15) is 0 Å². The number of imidazole rings is 1. The van der Waals surface area contributed by atoms with Crippen LogP contribution in [0.15, 0.2) is 194 Å². The number of fused-ring (bicyclic) bond motifs is 4. The van der Waals surface area contributed by atoms with E-state index in [1.54, 1.807) is 0 Å². The molecule has 0 saturated heterocycles. The first-order valence-electron chi connectivity index (χ1n) is 17.5. The number of hydrogen-bond donors (Lipinski definition) is 0. The van der Waals surface area contributed by atoms with Gasteiger partial charge in [-0.05, 0) is 102 Å². The normalized spacial score (nSPS) is 11.5. The molecule has 0 saturated carbocycles. The first kappa shape index (κ1) is 29.2. The minimum absolute atomic E-state index is 0.938. The van der Waals surface area contributed by atoms with Crippen LogP contribution in [-0.4, -0.2) is 9.55 Å². The number of aromatic nitrogens is 2. The largest absolute Gasteiger partial charge is 0.292 e. The molecule has 2 heteroatoms. The molecule has 10 rings (SSSR count). The van der Waals surface area contributed by atoms with Crippen LogP contribution < -0.4 is 0 Å². The van der Waals surface area contributed by atoms with Gasteiger partial charge in [-0.1, -0.05) is 158 Å². The number of para-hydroxylation sites is 2. The van der Waals surface area contributed by atoms with Crippen molar-refractivity contribution in [3.05, 3.63) is 194 Å². The molecule has 0 bridgehead atoms. The molecule has 1 heterocycles. The van der Waals surface area contributed by atoms with Gasteiger partial charge in [0.25, 0.3) is 0 Å². The Morgan fingerprint density at radius 2 is 0.882 bits per heavy atom. The average Bonchev–Trinajstić information content (AvgIpc) is 3.60. The fourth-order valence-corrected chi connectivity index (χ4v) is 7.80. The molecule has 9 aromatic carbocycles. The maximum absolute atomic E-state index is 5.14. The quantitative estimate of drug-likeness (QED) is 0.170. The predicted molar refractivity (Wildman–Crippen MR) is 215 cm³/mol. The molecule has 0 spiro atoms. The molecule has 51 heavy (non-hydrogen) atoms. The minimum atomic E-state index is 0.938. The zero-order valence-corrected chi connectivity index (χ0v) is 27.9. The smallest absolute Gasteiger partial charge is 0.145 e. The minimum Gasteiger partial charge on any atom is -0.292 e. The highest BCUT2D eigenvalue weighted by atomic mass is 15.1. The van der Waals surface area contributed by atoms with Crippen LogP contribution in [0.4, 0.5) is 0 Å². The number of nitrogens with zero attached hydrogens (tertiary/aromatic N) is 2. The van der Waals surface area contributed by atoms with Crippen molar-refractivity contribution >= 4 is 43.4 Å². The number of hydrogen-bond acceptors (Lipinski definition) is 1. The third-order valence-corrected chi connectivity index (χ3v) is 10.2. The van der Waals surface area contributed by atoms with Crippen molar-refractivity contribution in [2.45, 2.75) is 0 Å². The second-order valence-corrected chi connectivity index (χ2v) is 13.2. The Hall–Kier alpha value is -6.77. The van der Waals surface area contributed by atoms with Gasteiger partial charge in [0.05, 0.1) is 11.0 Å². The van der Waals surface area contributed by atoms with E-state index in [1.807, 2.05) is 0 Å². The van der Waals surface area contributed by atoms with E-state index >= 15 is 0 Å². The van der Waals surface area contributed by atoms with Gasteiger partial charge in [-0.15, -0.1) is 0 Å². The predicted octanol–water partition coefficient (Wildman–Crippen LogP) is 13.2. The van der Waals surface area contributed by atoms with Crippen LogP contribution in [0.1, 0.15) is 0 Å². The number of benzene rings is 9. The summed E-state index contributed by atoms with van der Waals surface area (Å²) in [7, 11) is 0. The van der Waals surface area contributed by atoms with Gasteiger partial charge in [0, 0.05) is 11.3 Å². The fourth-order valence-electron chi connectivity index (χ4n) is 7.80. The van der Waals surface area contributed by atoms with Crippen LogP contribution in [0.3, 0.4) is 0 Å². The molecule has 0 aliphatic heterocycles. The van der Waals surface area contributed by atoms with Crippen LogP contribution in [0.25, 0.3) is 93.8 Å². The molecule has 0 N–H and O–H groups in total. The molecule has 0 aliphatic carbocycles. The van der Waals surface area contributed by atoms with E-state index in [2.05, 4.69) is 199 Å². The van der Waals surface area contributed by atoms with Crippen molar-refractivity contribution in [1.82, 2.24) is 9.55 Å². The summed E-state index contributed by atoms with van der Waals surface area (Å²) in [4.78, 5) is 5.14. The molecule has 0 aliphatic rings. The van der Waals surface area contributed by atoms with Gasteiger partial charge >= 0.3 is 0 Å². The lowest BCUT2D eigenvalue weighted by atomic mass is 9.85. The number of rotatable bonds is 5. The molecule has 10 aromatic rings. The summed E-state index contributed by atoms with van der Waals surface area (Å²) in [6, 6.07) is 69.9. The Morgan fingerprint density at radius 3 is 1.61 bits per heavy atom. The summed E-state index contributed by atoms with van der Waals surface area (Å²) >= 11 is 0. The van der Waals surface area contributed by atoms with Crippen molar-refractivity contribution in [3.8, 4) is 50.5 Å². The molecule has 0 fully saturated rings. The maximum Gasteiger partial charge on any atom is 0.145 e. The van der Waals surface area contributed by atoms with Crippen molar-refractivity contribution in [3.63, 3.8) is 0 Å². The highest BCUT2D eigenvalue weighted by molar-refractivity contribution is 6.22. The third-order valence-electron chi connectivity index (χ3n) is 10.2. The second kappa shape index (κ2) is 12.0. The van der Waals surface area contributed by atoms with Crippen LogP contribution in [0, 0.1) is 0 Å². The van der Waals surface area contributed by atoms with E-state index < -0.39 is 0 Å². The molecule has 238 valence electrons. The average molecular weight is 649 g/mol. The monoisotopic (exact) mass is 648 g/mol. The Labute approximate surface area is 296 Å². The zero-order chi connectivity index (χ0) is 33.7. The summed E-state index contributed by atoms with van der Waals surface area (Å²) in [6.45, 7) is 0. The summed E-state index contributed by atoms with van der Waals surface area (Å²) < 4.78 is 2.29. The molecule has 0 radical (unpaired) electrons. The lowest BCUT2D eigenvalue weighted by Crippen LogP contribution is -1.97. The molecular formula is C49H32N2. The van der Waals surface area contributed by atoms with Gasteiger partial charge in [-0.25, -0.2) is 4.98 Å². The van der Waals surface area contributed by atoms with Crippen LogP contribution in [0.5, 0.6) is 0 Å². The van der Waals surface area contributed by atoms with Gasteiger partial charge in [-0.3, -0.25) is 4.57 Å². The van der Waals surface area contributed by atoms with E-state index in [0.29, 0.717) is 0 Å². The third kappa shape index (κ3) is 4.92. The molecule has 0 amide bonds. The highest BCUT2D eigenvalue weighted by Gasteiger charge is 2.18. The zero-order valence-electron chi connectivity index (χ0n) is 27.9. The van der Waals surface area contributed by atoms with Crippen molar-refractivity contribution < 1.29 is 0 Å². The maximum atomic E-state index is 5.14. The Kier molecular flexibility index (Phi) is 6.85. The van der Waals surface area contributed by atoms with Crippen LogP contribution >= 0.6 is 0 Å². The summed E-state index contributed by atoms with van der Waals surface area (Å²) in [5.41, 5.74) is 11.6. The first-order chi connectivity index (χ1) is 25.3. The summed E-state index contributed by atoms with van der Waals surface area (Å²) in [5.74, 6) is 0.938. The van der Waals surface area contributed by atoms with Crippen molar-refractivity contribution in [1.29, 1.82) is 0 Å². The Balaban J connectivity index is 1.15. The molecule has 1 aromatic heterocycles. The highest BCUT2D eigenvalue weighted by Crippen LogP contribution is 2.45. The topological polar surface area (TPSA) is 17.8 Å². The van der Waals surface area contributed by atoms with Gasteiger partial charge in [0.15, 0.2) is 0 Å². The van der Waals surface area contributed by atoms with Crippen molar-refractivity contribution in [2.75, 3.05) is 0 Å². The van der Waals surface area contributed by atoms with E-state index in [0.717, 1.165) is 28.1 Å². The van der Waals surface area contributed by atoms with Crippen LogP contribution in [-0.2, 0) is 0 Å². The van der Waals surface area contributed by atoms with E-state index in [4.69, 9.17) is 4.98 Å². The Morgan fingerprint density at radius 1 is 0.333 bits per heavy atom. The van der Waals surface area contributed by atoms with Gasteiger partial charge in [0.1, 0.15) is 5.82 Å². The summed E-state index contributed by atoms with van der Waals surface area (Å²) in [5, 5.41) is 7.46. The van der Waals surface area contributed by atoms with E-state index in [-0.39, 0.29) is 0 Å². The van der Waals surface area contributed by atoms with E-state index in [1.165, 1.54) is 65.7 Å². The Bertz CT molecular complexity index is 2880. The fraction of sp³-hybridized carbons (Fsp3) is 0. The van der Waals surface area contributed by atoms with Gasteiger partial charge in [-0.2, -0.15) is 0 Å². The molecule has 2 nitrogen and oxygen atoms in total. The lowest BCUT2D eigenvalue weighted by Gasteiger charge is -2.19. The van der Waals surface area contributed by atoms with Crippen LogP contribution in [0.2, 0.25) is 0 Å².